The number of nitrogens with one attached hydrogen (secondary N) is 1. The first-order valence-electron chi connectivity index (χ1n) is 15.0. The normalized spacial score (nSPS) is 16.4. The van der Waals surface area contributed by atoms with Crippen molar-refractivity contribution in [1.82, 2.24) is 15.2 Å². The van der Waals surface area contributed by atoms with E-state index < -0.39 is 30.5 Å². The average Bonchev–Trinajstić information content (AvgIpc) is 3.42. The zero-order valence-electron chi connectivity index (χ0n) is 24.4. The molecule has 1 N–H and O–H groups in total. The van der Waals surface area contributed by atoms with E-state index in [4.69, 9.17) is 18.9 Å². The van der Waals surface area contributed by atoms with Crippen molar-refractivity contribution in [3.8, 4) is 0 Å². The fourth-order valence-corrected chi connectivity index (χ4v) is 4.41. The highest BCUT2D eigenvalue weighted by molar-refractivity contribution is 5.90. The molecule has 40 heavy (non-hydrogen) atoms. The summed E-state index contributed by atoms with van der Waals surface area (Å²) in [7, 11) is 0. The van der Waals surface area contributed by atoms with Gasteiger partial charge in [0.15, 0.2) is 6.29 Å². The van der Waals surface area contributed by atoms with E-state index in [1.807, 2.05) is 0 Å². The van der Waals surface area contributed by atoms with Gasteiger partial charge >= 0.3 is 12.2 Å². The van der Waals surface area contributed by atoms with E-state index in [0.29, 0.717) is 12.2 Å². The monoisotopic (exact) mass is 563 g/mol. The molecule has 2 heterocycles. The van der Waals surface area contributed by atoms with Crippen molar-refractivity contribution in [2.45, 2.75) is 116 Å². The first-order chi connectivity index (χ1) is 19.5. The topological polar surface area (TPSA) is 116 Å². The molecule has 0 aliphatic carbocycles. The van der Waals surface area contributed by atoms with E-state index in [1.54, 1.807) is 24.4 Å². The van der Waals surface area contributed by atoms with Gasteiger partial charge in [0.25, 0.3) is 0 Å². The predicted octanol–water partition coefficient (Wildman–Crippen LogP) is 6.13. The first kappa shape index (κ1) is 33.5. The largest absolute Gasteiger partial charge is 0.446 e. The molecule has 226 valence electrons. The van der Waals surface area contributed by atoms with Gasteiger partial charge in [0.05, 0.1) is 18.8 Å². The van der Waals surface area contributed by atoms with Crippen LogP contribution < -0.4 is 5.32 Å². The summed E-state index contributed by atoms with van der Waals surface area (Å²) in [6.07, 6.45) is 15.7. The molecule has 10 nitrogen and oxygen atoms in total. The Morgan fingerprint density at radius 2 is 1.57 bits per heavy atom. The summed E-state index contributed by atoms with van der Waals surface area (Å²) in [4.78, 5) is 41.3. The number of nitrogens with zero attached hydrogens (tertiary/aromatic N) is 2. The highest BCUT2D eigenvalue weighted by atomic mass is 16.7. The highest BCUT2D eigenvalue weighted by Gasteiger charge is 2.29. The van der Waals surface area contributed by atoms with Crippen LogP contribution in [0.1, 0.15) is 103 Å². The lowest BCUT2D eigenvalue weighted by Crippen LogP contribution is -2.37. The molecule has 0 saturated carbocycles. The second kappa shape index (κ2) is 21.1. The maximum atomic E-state index is 12.4. The highest BCUT2D eigenvalue weighted by Crippen LogP contribution is 2.14. The minimum atomic E-state index is -0.783. The summed E-state index contributed by atoms with van der Waals surface area (Å²) in [6.45, 7) is 4.16. The summed E-state index contributed by atoms with van der Waals surface area (Å²) < 4.78 is 21.5. The number of imide groups is 1. The minimum Gasteiger partial charge on any atom is -0.446 e. The van der Waals surface area contributed by atoms with Crippen LogP contribution >= 0.6 is 0 Å². The van der Waals surface area contributed by atoms with Gasteiger partial charge in [-0.05, 0) is 18.6 Å². The average molecular weight is 564 g/mol. The van der Waals surface area contributed by atoms with Crippen LogP contribution in [0.2, 0.25) is 0 Å². The van der Waals surface area contributed by atoms with E-state index in [9.17, 15) is 14.4 Å². The lowest BCUT2D eigenvalue weighted by molar-refractivity contribution is -0.128. The minimum absolute atomic E-state index is 0.0158. The molecular formula is C30H49N3O7. The second-order valence-corrected chi connectivity index (χ2v) is 10.3. The van der Waals surface area contributed by atoms with Gasteiger partial charge < -0.3 is 24.3 Å². The second-order valence-electron chi connectivity index (χ2n) is 10.3. The Bertz CT molecular complexity index is 840. The summed E-state index contributed by atoms with van der Waals surface area (Å²) in [5, 5.41) is 2.76. The van der Waals surface area contributed by atoms with Gasteiger partial charge in [0, 0.05) is 19.7 Å². The zero-order valence-corrected chi connectivity index (χ0v) is 24.4. The predicted molar refractivity (Wildman–Crippen MR) is 151 cm³/mol. The van der Waals surface area contributed by atoms with Gasteiger partial charge in [-0.1, -0.05) is 90.0 Å². The van der Waals surface area contributed by atoms with Crippen LogP contribution in [0.15, 0.2) is 24.4 Å². The maximum absolute atomic E-state index is 12.4. The van der Waals surface area contributed by atoms with Crippen molar-refractivity contribution < 1.29 is 33.3 Å². The van der Waals surface area contributed by atoms with Crippen molar-refractivity contribution >= 4 is 18.1 Å². The number of unbranched alkanes of at least 4 members (excludes halogenated alkanes) is 12. The van der Waals surface area contributed by atoms with Crippen LogP contribution in [0, 0.1) is 0 Å². The molecule has 1 aliphatic heterocycles. The number of carbonyl (C=O) groups excluding carboxylic acids is 3. The van der Waals surface area contributed by atoms with Gasteiger partial charge in [-0.25, -0.2) is 14.5 Å². The Labute approximate surface area is 239 Å². The number of pyridine rings is 1. The molecule has 0 radical (unpaired) electrons. The Kier molecular flexibility index (Phi) is 17.6. The molecule has 2 unspecified atom stereocenters. The van der Waals surface area contributed by atoms with Crippen molar-refractivity contribution in [3.63, 3.8) is 0 Å². The summed E-state index contributed by atoms with van der Waals surface area (Å²) in [6, 6.07) is 5.25. The van der Waals surface area contributed by atoms with E-state index in [1.165, 1.54) is 77.6 Å². The quantitative estimate of drug-likeness (QED) is 0.189. The SMILES string of the molecule is CCCCCCCCCCCCCCCNC(=O)OCC1OCC(COC(=O)N(Cc2ccccn2)C(C)=O)O1. The number of hydrogen-bond donors (Lipinski definition) is 1. The maximum Gasteiger partial charge on any atom is 0.416 e. The van der Waals surface area contributed by atoms with Crippen molar-refractivity contribution in [2.75, 3.05) is 26.4 Å². The van der Waals surface area contributed by atoms with Crippen LogP contribution in [0.3, 0.4) is 0 Å². The van der Waals surface area contributed by atoms with Gasteiger partial charge in [0.1, 0.15) is 19.3 Å². The number of rotatable bonds is 20. The number of amides is 3. The van der Waals surface area contributed by atoms with Crippen LogP contribution in [-0.4, -0.2) is 66.7 Å². The molecule has 2 rings (SSSR count). The van der Waals surface area contributed by atoms with Crippen LogP contribution in [0.4, 0.5) is 9.59 Å². The Balaban J connectivity index is 1.45. The van der Waals surface area contributed by atoms with E-state index in [0.717, 1.165) is 17.7 Å². The summed E-state index contributed by atoms with van der Waals surface area (Å²) in [5.74, 6) is -0.449. The number of aromatic nitrogens is 1. The van der Waals surface area contributed by atoms with Crippen LogP contribution in [-0.2, 0) is 30.3 Å². The third-order valence-electron chi connectivity index (χ3n) is 6.75. The van der Waals surface area contributed by atoms with Gasteiger partial charge in [0.2, 0.25) is 5.91 Å². The first-order valence-corrected chi connectivity index (χ1v) is 15.0. The number of hydrogen-bond acceptors (Lipinski definition) is 8. The summed E-state index contributed by atoms with van der Waals surface area (Å²) in [5.41, 5.74) is 0.569. The molecule has 1 aromatic rings. The molecule has 10 heteroatoms. The zero-order chi connectivity index (χ0) is 28.8. The summed E-state index contributed by atoms with van der Waals surface area (Å²) >= 11 is 0. The van der Waals surface area contributed by atoms with Crippen molar-refractivity contribution in [3.05, 3.63) is 30.1 Å². The Morgan fingerprint density at radius 1 is 0.925 bits per heavy atom. The van der Waals surface area contributed by atoms with E-state index >= 15 is 0 Å². The lowest BCUT2D eigenvalue weighted by Gasteiger charge is -2.19. The van der Waals surface area contributed by atoms with Crippen molar-refractivity contribution in [1.29, 1.82) is 0 Å². The van der Waals surface area contributed by atoms with E-state index in [2.05, 4.69) is 17.2 Å². The number of carbonyl (C=O) groups is 3. The smallest absolute Gasteiger partial charge is 0.416 e. The van der Waals surface area contributed by atoms with Gasteiger partial charge in [-0.3, -0.25) is 9.78 Å². The molecule has 1 saturated heterocycles. The van der Waals surface area contributed by atoms with Gasteiger partial charge in [-0.15, -0.1) is 0 Å². The fourth-order valence-electron chi connectivity index (χ4n) is 4.41. The van der Waals surface area contributed by atoms with E-state index in [-0.39, 0.29) is 26.4 Å². The molecular weight excluding hydrogens is 514 g/mol. The number of alkyl carbamates (subject to hydrolysis) is 1. The Morgan fingerprint density at radius 3 is 2.17 bits per heavy atom. The number of ether oxygens (including phenoxy) is 4. The third kappa shape index (κ3) is 15.2. The van der Waals surface area contributed by atoms with Gasteiger partial charge in [-0.2, -0.15) is 0 Å². The standard InChI is InChI=1S/C30H49N3O7/c1-3-4-5-6-7-8-9-10-11-12-13-14-16-20-32-29(35)38-24-28-37-22-27(40-28)23-39-30(36)33(25(2)34)21-26-18-15-17-19-31-26/h15,17-19,27-28H,3-14,16,20-24H2,1-2H3,(H,32,35). The fraction of sp³-hybridized carbons (Fsp3) is 0.733. The molecule has 1 aliphatic rings. The molecule has 1 fully saturated rings. The molecule has 0 spiro atoms. The molecule has 0 bridgehead atoms. The third-order valence-corrected chi connectivity index (χ3v) is 6.75. The lowest BCUT2D eigenvalue weighted by atomic mass is 10.0. The van der Waals surface area contributed by atoms with Crippen molar-refractivity contribution in [2.24, 2.45) is 0 Å². The molecule has 1 aromatic heterocycles. The molecule has 3 amide bonds. The Hall–Kier alpha value is -2.72. The van der Waals surface area contributed by atoms with Crippen LogP contribution in [0.25, 0.3) is 0 Å². The molecule has 0 aromatic carbocycles. The molecule has 2 atom stereocenters. The van der Waals surface area contributed by atoms with Crippen LogP contribution in [0.5, 0.6) is 0 Å².